The third kappa shape index (κ3) is 2.52. The summed E-state index contributed by atoms with van der Waals surface area (Å²) in [5.41, 5.74) is 7.56. The van der Waals surface area contributed by atoms with E-state index in [9.17, 15) is 0 Å². The normalized spacial score (nSPS) is 11.5. The van der Waals surface area contributed by atoms with Crippen LogP contribution >= 0.6 is 23.1 Å². The average molecular weight is 236 g/mol. The molecule has 0 aliphatic carbocycles. The molecule has 78 valence electrons. The van der Waals surface area contributed by atoms with Crippen LogP contribution in [0.1, 0.15) is 6.92 Å². The molecule has 0 unspecified atom stereocenters. The van der Waals surface area contributed by atoms with Gasteiger partial charge in [-0.05, 0) is 25.1 Å². The largest absolute Gasteiger partial charge is 0.399 e. The van der Waals surface area contributed by atoms with Crippen LogP contribution in [0.4, 0.5) is 5.69 Å². The minimum absolute atomic E-state index is 0.802. The first kappa shape index (κ1) is 10.5. The van der Waals surface area contributed by atoms with Crippen molar-refractivity contribution in [3.63, 3.8) is 0 Å². The van der Waals surface area contributed by atoms with Crippen molar-refractivity contribution in [3.05, 3.63) is 30.4 Å². The van der Waals surface area contributed by atoms with E-state index < -0.39 is 0 Å². The molecule has 0 aliphatic rings. The first-order valence-electron chi connectivity index (χ1n) is 4.69. The van der Waals surface area contributed by atoms with Crippen LogP contribution in [0.5, 0.6) is 0 Å². The lowest BCUT2D eigenvalue weighted by Gasteiger charge is -1.88. The number of thioether (sulfide) groups is 1. The number of hydrogen-bond acceptors (Lipinski definition) is 4. The van der Waals surface area contributed by atoms with E-state index in [1.54, 1.807) is 23.1 Å². The summed E-state index contributed by atoms with van der Waals surface area (Å²) in [7, 11) is 0. The summed E-state index contributed by atoms with van der Waals surface area (Å²) < 4.78 is 2.27. The minimum atomic E-state index is 0.802. The topological polar surface area (TPSA) is 38.9 Å². The minimum Gasteiger partial charge on any atom is -0.399 e. The molecule has 15 heavy (non-hydrogen) atoms. The highest BCUT2D eigenvalue weighted by atomic mass is 32.2. The molecule has 0 bridgehead atoms. The zero-order chi connectivity index (χ0) is 10.7. The van der Waals surface area contributed by atoms with Crippen molar-refractivity contribution in [2.45, 2.75) is 11.3 Å². The van der Waals surface area contributed by atoms with Crippen molar-refractivity contribution in [2.75, 3.05) is 11.5 Å². The van der Waals surface area contributed by atoms with Gasteiger partial charge >= 0.3 is 0 Å². The number of aromatic nitrogens is 1. The standard InChI is InChI=1S/C11H12N2S2/c1-2-3-6-14-11-13-9-5-4-8(12)7-10(9)15-11/h2-5,7H,6,12H2,1H3/b3-2+. The third-order valence-corrected chi connectivity index (χ3v) is 4.05. The fraction of sp³-hybridized carbons (Fsp3) is 0.182. The van der Waals surface area contributed by atoms with Crippen molar-refractivity contribution in [1.82, 2.24) is 4.98 Å². The molecule has 0 amide bonds. The van der Waals surface area contributed by atoms with Crippen molar-refractivity contribution < 1.29 is 0 Å². The zero-order valence-electron chi connectivity index (χ0n) is 8.43. The molecule has 4 heteroatoms. The van der Waals surface area contributed by atoms with E-state index in [4.69, 9.17) is 5.73 Å². The highest BCUT2D eigenvalue weighted by Crippen LogP contribution is 2.30. The fourth-order valence-corrected chi connectivity index (χ4v) is 3.25. The maximum Gasteiger partial charge on any atom is 0.151 e. The van der Waals surface area contributed by atoms with E-state index in [1.165, 1.54) is 0 Å². The van der Waals surface area contributed by atoms with Gasteiger partial charge in [0.2, 0.25) is 0 Å². The Morgan fingerprint density at radius 2 is 2.40 bits per heavy atom. The summed E-state index contributed by atoms with van der Waals surface area (Å²) in [6.45, 7) is 2.03. The lowest BCUT2D eigenvalue weighted by atomic mass is 10.3. The first-order valence-corrected chi connectivity index (χ1v) is 6.50. The van der Waals surface area contributed by atoms with Gasteiger partial charge in [-0.15, -0.1) is 11.3 Å². The average Bonchev–Trinajstić information content (AvgIpc) is 2.60. The number of allylic oxidation sites excluding steroid dienone is 1. The molecule has 2 rings (SSSR count). The van der Waals surface area contributed by atoms with Gasteiger partial charge in [0.1, 0.15) is 0 Å². The van der Waals surface area contributed by atoms with Gasteiger partial charge in [-0.1, -0.05) is 23.9 Å². The van der Waals surface area contributed by atoms with E-state index in [0.717, 1.165) is 26.0 Å². The van der Waals surface area contributed by atoms with Crippen LogP contribution in [-0.2, 0) is 0 Å². The zero-order valence-corrected chi connectivity index (χ0v) is 10.1. The van der Waals surface area contributed by atoms with Crippen LogP contribution in [0.15, 0.2) is 34.7 Å². The predicted octanol–water partition coefficient (Wildman–Crippen LogP) is 3.55. The predicted molar refractivity (Wildman–Crippen MR) is 69.6 cm³/mol. The SMILES string of the molecule is C/C=C/CSc1nc2ccc(N)cc2s1. The summed E-state index contributed by atoms with van der Waals surface area (Å²) in [5.74, 6) is 0.978. The Kier molecular flexibility index (Phi) is 3.28. The maximum atomic E-state index is 5.72. The number of benzene rings is 1. The lowest BCUT2D eigenvalue weighted by Crippen LogP contribution is -1.81. The van der Waals surface area contributed by atoms with E-state index in [0.29, 0.717) is 0 Å². The highest BCUT2D eigenvalue weighted by Gasteiger charge is 2.03. The van der Waals surface area contributed by atoms with Gasteiger partial charge < -0.3 is 5.73 Å². The van der Waals surface area contributed by atoms with Gasteiger partial charge in [0.15, 0.2) is 4.34 Å². The second-order valence-electron chi connectivity index (χ2n) is 3.09. The molecular weight excluding hydrogens is 224 g/mol. The lowest BCUT2D eigenvalue weighted by molar-refractivity contribution is 1.30. The molecule has 1 aromatic carbocycles. The van der Waals surface area contributed by atoms with Crippen LogP contribution < -0.4 is 5.73 Å². The molecule has 2 N–H and O–H groups in total. The molecule has 0 spiro atoms. The van der Waals surface area contributed by atoms with Gasteiger partial charge in [-0.25, -0.2) is 4.98 Å². The molecule has 1 aromatic heterocycles. The Balaban J connectivity index is 2.23. The van der Waals surface area contributed by atoms with Crippen LogP contribution in [0, 0.1) is 0 Å². The molecule has 2 aromatic rings. The number of nitrogen functional groups attached to an aromatic ring is 1. The number of fused-ring (bicyclic) bond motifs is 1. The van der Waals surface area contributed by atoms with E-state index in [2.05, 4.69) is 17.1 Å². The number of nitrogens with two attached hydrogens (primary N) is 1. The fourth-order valence-electron chi connectivity index (χ4n) is 1.20. The number of thiazole rings is 1. The summed E-state index contributed by atoms with van der Waals surface area (Å²) in [6, 6.07) is 5.84. The summed E-state index contributed by atoms with van der Waals surface area (Å²) >= 11 is 3.46. The maximum absolute atomic E-state index is 5.72. The molecular formula is C11H12N2S2. The molecule has 1 heterocycles. The highest BCUT2D eigenvalue weighted by molar-refractivity contribution is 8.01. The Morgan fingerprint density at radius 3 is 3.20 bits per heavy atom. The Bertz CT molecular complexity index is 488. The van der Waals surface area contributed by atoms with Crippen LogP contribution in [0.3, 0.4) is 0 Å². The van der Waals surface area contributed by atoms with Crippen molar-refractivity contribution in [3.8, 4) is 0 Å². The van der Waals surface area contributed by atoms with Gasteiger partial charge in [0.25, 0.3) is 0 Å². The third-order valence-electron chi connectivity index (χ3n) is 1.93. The second kappa shape index (κ2) is 4.68. The van der Waals surface area contributed by atoms with E-state index in [1.807, 2.05) is 25.1 Å². The number of nitrogens with zero attached hydrogens (tertiary/aromatic N) is 1. The first-order chi connectivity index (χ1) is 7.29. The molecule has 0 fully saturated rings. The van der Waals surface area contributed by atoms with Crippen molar-refractivity contribution in [1.29, 1.82) is 0 Å². The molecule has 0 saturated carbocycles. The molecule has 2 nitrogen and oxygen atoms in total. The van der Waals surface area contributed by atoms with Crippen LogP contribution in [0.2, 0.25) is 0 Å². The van der Waals surface area contributed by atoms with Gasteiger partial charge in [-0.3, -0.25) is 0 Å². The van der Waals surface area contributed by atoms with Crippen LogP contribution in [-0.4, -0.2) is 10.7 Å². The van der Waals surface area contributed by atoms with E-state index >= 15 is 0 Å². The number of anilines is 1. The smallest absolute Gasteiger partial charge is 0.151 e. The Hall–Kier alpha value is -1.000. The molecule has 0 aliphatic heterocycles. The summed E-state index contributed by atoms with van der Waals surface area (Å²) in [5, 5.41) is 0. The van der Waals surface area contributed by atoms with Crippen LogP contribution in [0.25, 0.3) is 10.2 Å². The van der Waals surface area contributed by atoms with Crippen molar-refractivity contribution in [2.24, 2.45) is 0 Å². The summed E-state index contributed by atoms with van der Waals surface area (Å²) in [6.07, 6.45) is 4.18. The molecule has 0 saturated heterocycles. The quantitative estimate of drug-likeness (QED) is 0.503. The molecule has 0 atom stereocenters. The molecule has 0 radical (unpaired) electrons. The number of rotatable bonds is 3. The Morgan fingerprint density at radius 1 is 1.53 bits per heavy atom. The monoisotopic (exact) mass is 236 g/mol. The van der Waals surface area contributed by atoms with Gasteiger partial charge in [0, 0.05) is 11.4 Å². The van der Waals surface area contributed by atoms with Gasteiger partial charge in [-0.2, -0.15) is 0 Å². The second-order valence-corrected chi connectivity index (χ2v) is 5.38. The van der Waals surface area contributed by atoms with Crippen molar-refractivity contribution >= 4 is 39.0 Å². The summed E-state index contributed by atoms with van der Waals surface area (Å²) in [4.78, 5) is 4.52. The number of hydrogen-bond donors (Lipinski definition) is 1. The Labute approximate surface area is 97.2 Å². The van der Waals surface area contributed by atoms with Gasteiger partial charge in [0.05, 0.1) is 10.2 Å². The van der Waals surface area contributed by atoms with E-state index in [-0.39, 0.29) is 0 Å².